The molecule has 0 aliphatic heterocycles. The van der Waals surface area contributed by atoms with E-state index in [0.29, 0.717) is 12.3 Å². The van der Waals surface area contributed by atoms with E-state index in [-0.39, 0.29) is 0 Å². The van der Waals surface area contributed by atoms with Crippen LogP contribution in [0.3, 0.4) is 0 Å². The van der Waals surface area contributed by atoms with Crippen molar-refractivity contribution in [2.75, 3.05) is 0 Å². The van der Waals surface area contributed by atoms with Gasteiger partial charge in [0.15, 0.2) is 0 Å². The van der Waals surface area contributed by atoms with E-state index in [0.717, 1.165) is 6.42 Å². The molecule has 13 heavy (non-hydrogen) atoms. The lowest BCUT2D eigenvalue weighted by atomic mass is 9.85. The number of carboxylic acid groups (broad SMARTS) is 1. The zero-order valence-corrected chi connectivity index (χ0v) is 8.45. The van der Waals surface area contributed by atoms with Gasteiger partial charge in [0.2, 0.25) is 0 Å². The molecule has 0 saturated carbocycles. The lowest BCUT2D eigenvalue weighted by Crippen LogP contribution is -2.45. The van der Waals surface area contributed by atoms with Gasteiger partial charge in [-0.15, -0.1) is 0 Å². The number of rotatable bonds is 6. The molecule has 4 nitrogen and oxygen atoms in total. The van der Waals surface area contributed by atoms with Gasteiger partial charge in [-0.25, -0.2) is 0 Å². The topological polar surface area (TPSA) is 69.6 Å². The van der Waals surface area contributed by atoms with Crippen molar-refractivity contribution in [1.29, 1.82) is 0 Å². The van der Waals surface area contributed by atoms with E-state index in [1.54, 1.807) is 0 Å². The molecule has 0 aromatic heterocycles. The molecule has 0 aromatic rings. The molecular weight excluding hydrogens is 169 g/mol. The van der Waals surface area contributed by atoms with Crippen molar-refractivity contribution >= 4 is 13.0 Å². The normalized spacial score (nSPS) is 15.1. The number of hydrogen-bond donors (Lipinski definition) is 3. The molecule has 0 fully saturated rings. The number of hydrogen-bond acceptors (Lipinski definition) is 3. The Morgan fingerprint density at radius 1 is 1.62 bits per heavy atom. The molecule has 0 bridgehead atoms. The second kappa shape index (κ2) is 5.99. The lowest BCUT2D eigenvalue weighted by molar-refractivity contribution is -0.139. The molecule has 0 aliphatic rings. The molecule has 0 saturated heterocycles. The van der Waals surface area contributed by atoms with E-state index in [9.17, 15) is 4.79 Å². The van der Waals surface area contributed by atoms with Crippen molar-refractivity contribution in [2.45, 2.75) is 39.6 Å². The highest BCUT2D eigenvalue weighted by Crippen LogP contribution is 2.09. The van der Waals surface area contributed by atoms with Crippen LogP contribution in [0.1, 0.15) is 26.7 Å². The van der Waals surface area contributed by atoms with Gasteiger partial charge in [0.05, 0.1) is 6.04 Å². The van der Waals surface area contributed by atoms with E-state index in [1.165, 1.54) is 6.82 Å². The molecule has 0 rings (SSSR count). The summed E-state index contributed by atoms with van der Waals surface area (Å²) in [6, 6.07) is -0.644. The maximum absolute atomic E-state index is 10.7. The lowest BCUT2D eigenvalue weighted by Gasteiger charge is -2.18. The number of aliphatic carboxylic acids is 1. The first-order valence-corrected chi connectivity index (χ1v) is 4.64. The SMILES string of the molecule is CC[C@H](C)CC(NB(C)O)C(=O)O. The Kier molecular flexibility index (Phi) is 5.74. The van der Waals surface area contributed by atoms with Crippen LogP contribution in [0, 0.1) is 5.92 Å². The third-order valence-corrected chi connectivity index (χ3v) is 2.08. The van der Waals surface area contributed by atoms with Gasteiger partial charge in [0.1, 0.15) is 0 Å². The zero-order chi connectivity index (χ0) is 10.4. The molecule has 0 amide bonds. The molecule has 0 aromatic carbocycles. The summed E-state index contributed by atoms with van der Waals surface area (Å²) in [6.07, 6.45) is 1.50. The Hall–Kier alpha value is -0.545. The van der Waals surface area contributed by atoms with Crippen LogP contribution in [0.2, 0.25) is 6.82 Å². The fraction of sp³-hybridized carbons (Fsp3) is 0.875. The molecule has 5 heteroatoms. The minimum atomic E-state index is -0.902. The Morgan fingerprint density at radius 2 is 2.15 bits per heavy atom. The Morgan fingerprint density at radius 3 is 2.46 bits per heavy atom. The second-order valence-corrected chi connectivity index (χ2v) is 3.48. The molecule has 0 radical (unpaired) electrons. The van der Waals surface area contributed by atoms with Crippen LogP contribution < -0.4 is 5.23 Å². The fourth-order valence-corrected chi connectivity index (χ4v) is 1.10. The maximum Gasteiger partial charge on any atom is 0.374 e. The first-order chi connectivity index (χ1) is 5.97. The summed E-state index contributed by atoms with van der Waals surface area (Å²) in [5.41, 5.74) is 0. The predicted octanol–water partition coefficient (Wildman–Crippen LogP) is 0.576. The van der Waals surface area contributed by atoms with Gasteiger partial charge in [-0.1, -0.05) is 20.3 Å². The van der Waals surface area contributed by atoms with Gasteiger partial charge in [-0.3, -0.25) is 4.79 Å². The summed E-state index contributed by atoms with van der Waals surface area (Å²) in [6.45, 7) is 5.54. The van der Waals surface area contributed by atoms with E-state index in [4.69, 9.17) is 10.1 Å². The average Bonchev–Trinajstić information content (AvgIpc) is 2.02. The molecule has 0 aliphatic carbocycles. The standard InChI is InChI=1S/C8H18BNO3/c1-4-6(2)5-7(8(11)12)10-9(3)13/h6-7,10,13H,4-5H2,1-3H3,(H,11,12)/t6-,7?/m0/s1. The summed E-state index contributed by atoms with van der Waals surface area (Å²) in [7, 11) is -0.773. The van der Waals surface area contributed by atoms with Crippen molar-refractivity contribution in [2.24, 2.45) is 5.92 Å². The van der Waals surface area contributed by atoms with E-state index in [1.807, 2.05) is 13.8 Å². The summed E-state index contributed by atoms with van der Waals surface area (Å²) < 4.78 is 0. The molecule has 0 spiro atoms. The van der Waals surface area contributed by atoms with Gasteiger partial charge >= 0.3 is 13.0 Å². The highest BCUT2D eigenvalue weighted by molar-refractivity contribution is 6.45. The van der Waals surface area contributed by atoms with Crippen molar-refractivity contribution in [1.82, 2.24) is 5.23 Å². The van der Waals surface area contributed by atoms with Crippen LogP contribution in [0.5, 0.6) is 0 Å². The van der Waals surface area contributed by atoms with Gasteiger partial charge in [-0.2, -0.15) is 0 Å². The Labute approximate surface area is 79.5 Å². The third kappa shape index (κ3) is 5.66. The van der Waals surface area contributed by atoms with Gasteiger partial charge in [0, 0.05) is 0 Å². The van der Waals surface area contributed by atoms with Crippen LogP contribution in [0.15, 0.2) is 0 Å². The first-order valence-electron chi connectivity index (χ1n) is 4.64. The highest BCUT2D eigenvalue weighted by atomic mass is 16.4. The van der Waals surface area contributed by atoms with Crippen molar-refractivity contribution in [3.63, 3.8) is 0 Å². The van der Waals surface area contributed by atoms with Crippen LogP contribution in [-0.4, -0.2) is 29.2 Å². The third-order valence-electron chi connectivity index (χ3n) is 2.08. The number of carboxylic acids is 1. The van der Waals surface area contributed by atoms with Crippen LogP contribution >= 0.6 is 0 Å². The first kappa shape index (κ1) is 12.5. The van der Waals surface area contributed by atoms with Crippen molar-refractivity contribution < 1.29 is 14.9 Å². The molecule has 0 heterocycles. The Bertz CT molecular complexity index is 163. The van der Waals surface area contributed by atoms with E-state index in [2.05, 4.69) is 5.23 Å². The summed E-state index contributed by atoms with van der Waals surface area (Å²) in [5, 5.41) is 20.4. The van der Waals surface area contributed by atoms with E-state index >= 15 is 0 Å². The largest absolute Gasteiger partial charge is 0.480 e. The second-order valence-electron chi connectivity index (χ2n) is 3.48. The fourth-order valence-electron chi connectivity index (χ4n) is 1.10. The molecule has 2 atom stereocenters. The van der Waals surface area contributed by atoms with Crippen LogP contribution in [-0.2, 0) is 4.79 Å². The maximum atomic E-state index is 10.7. The van der Waals surface area contributed by atoms with Gasteiger partial charge < -0.3 is 15.4 Å². The van der Waals surface area contributed by atoms with Gasteiger partial charge in [0.25, 0.3) is 0 Å². The number of carbonyl (C=O) groups is 1. The minimum Gasteiger partial charge on any atom is -0.480 e. The molecular formula is C8H18BNO3. The number of nitrogens with one attached hydrogen (secondary N) is 1. The Balaban J connectivity index is 4.02. The van der Waals surface area contributed by atoms with E-state index < -0.39 is 19.1 Å². The minimum absolute atomic E-state index is 0.354. The van der Waals surface area contributed by atoms with Crippen LogP contribution in [0.25, 0.3) is 0 Å². The van der Waals surface area contributed by atoms with Gasteiger partial charge in [-0.05, 0) is 19.2 Å². The zero-order valence-electron chi connectivity index (χ0n) is 8.45. The monoisotopic (exact) mass is 187 g/mol. The molecule has 3 N–H and O–H groups in total. The molecule has 76 valence electrons. The quantitative estimate of drug-likeness (QED) is 0.532. The smallest absolute Gasteiger partial charge is 0.374 e. The highest BCUT2D eigenvalue weighted by Gasteiger charge is 2.21. The summed E-state index contributed by atoms with van der Waals surface area (Å²) >= 11 is 0. The van der Waals surface area contributed by atoms with Crippen molar-refractivity contribution in [3.8, 4) is 0 Å². The van der Waals surface area contributed by atoms with Crippen molar-refractivity contribution in [3.05, 3.63) is 0 Å². The molecule has 1 unspecified atom stereocenters. The summed E-state index contributed by atoms with van der Waals surface area (Å²) in [4.78, 5) is 10.7. The summed E-state index contributed by atoms with van der Waals surface area (Å²) in [5.74, 6) is -0.548. The predicted molar refractivity (Wildman–Crippen MR) is 52.5 cm³/mol. The average molecular weight is 187 g/mol. The van der Waals surface area contributed by atoms with Crippen LogP contribution in [0.4, 0.5) is 0 Å².